The molecule has 0 atom stereocenters. The van der Waals surface area contributed by atoms with Gasteiger partial charge < -0.3 is 14.5 Å². The van der Waals surface area contributed by atoms with Gasteiger partial charge in [-0.1, -0.05) is 42.5 Å². The lowest BCUT2D eigenvalue weighted by molar-refractivity contribution is 0.311. The van der Waals surface area contributed by atoms with Crippen LogP contribution in [0.4, 0.5) is 17.2 Å². The van der Waals surface area contributed by atoms with Crippen molar-refractivity contribution in [3.8, 4) is 22.6 Å². The van der Waals surface area contributed by atoms with Crippen molar-refractivity contribution in [1.82, 2.24) is 9.47 Å². The molecule has 1 aromatic heterocycles. The molecule has 1 aliphatic rings. The number of hydrogen-bond acceptors (Lipinski definition) is 6. The molecular formula is C31H33N5O2. The van der Waals surface area contributed by atoms with E-state index in [1.807, 2.05) is 92.7 Å². The lowest BCUT2D eigenvalue weighted by Gasteiger charge is -2.35. The van der Waals surface area contributed by atoms with E-state index in [9.17, 15) is 4.79 Å². The van der Waals surface area contributed by atoms with Crippen molar-refractivity contribution in [2.24, 2.45) is 10.2 Å². The minimum Gasteiger partial charge on any atom is -0.494 e. The summed E-state index contributed by atoms with van der Waals surface area (Å²) in [6.45, 7) is 8.08. The molecule has 1 saturated heterocycles. The van der Waals surface area contributed by atoms with Crippen LogP contribution in [0.1, 0.15) is 12.5 Å². The van der Waals surface area contributed by atoms with Crippen LogP contribution in [0.5, 0.6) is 5.75 Å². The fourth-order valence-corrected chi connectivity index (χ4v) is 4.69. The van der Waals surface area contributed by atoms with E-state index in [1.54, 1.807) is 4.57 Å². The first-order valence-electron chi connectivity index (χ1n) is 13.0. The number of piperazine rings is 1. The summed E-state index contributed by atoms with van der Waals surface area (Å²) in [5.41, 5.74) is 4.33. The maximum atomic E-state index is 14.3. The molecule has 0 saturated carbocycles. The lowest BCUT2D eigenvalue weighted by Crippen LogP contribution is -2.46. The van der Waals surface area contributed by atoms with Crippen LogP contribution in [-0.4, -0.2) is 49.3 Å². The number of aromatic nitrogens is 1. The molecule has 0 N–H and O–H groups in total. The third-order valence-corrected chi connectivity index (χ3v) is 6.75. The molecule has 38 heavy (non-hydrogen) atoms. The van der Waals surface area contributed by atoms with E-state index < -0.39 is 0 Å². The number of benzene rings is 3. The SMILES string of the molecule is CCOc1ccc(-c2cc(N3CCN(C)CC3)n(-c3ccccc3)c(=O)c2N=Nc2cccc(C)c2)cc1. The molecule has 194 valence electrons. The molecule has 2 heterocycles. The Bertz CT molecular complexity index is 1470. The summed E-state index contributed by atoms with van der Waals surface area (Å²) in [5, 5.41) is 9.06. The van der Waals surface area contributed by atoms with Gasteiger partial charge in [0.1, 0.15) is 11.6 Å². The molecule has 5 rings (SSSR count). The Balaban J connectivity index is 1.72. The molecule has 4 aromatic rings. The molecule has 0 aliphatic carbocycles. The van der Waals surface area contributed by atoms with Crippen LogP contribution in [0.15, 0.2) is 100.0 Å². The van der Waals surface area contributed by atoms with E-state index in [0.717, 1.165) is 60.1 Å². The van der Waals surface area contributed by atoms with Crippen LogP contribution < -0.4 is 15.2 Å². The second-order valence-electron chi connectivity index (χ2n) is 9.53. The zero-order chi connectivity index (χ0) is 26.5. The van der Waals surface area contributed by atoms with Crippen LogP contribution in [0, 0.1) is 6.92 Å². The van der Waals surface area contributed by atoms with E-state index in [2.05, 4.69) is 33.1 Å². The predicted octanol–water partition coefficient (Wildman–Crippen LogP) is 6.38. The van der Waals surface area contributed by atoms with Gasteiger partial charge in [-0.3, -0.25) is 9.36 Å². The van der Waals surface area contributed by atoms with E-state index in [0.29, 0.717) is 18.0 Å². The van der Waals surface area contributed by atoms with Gasteiger partial charge in [-0.15, -0.1) is 5.11 Å². The average Bonchev–Trinajstić information content (AvgIpc) is 2.93. The normalized spacial score (nSPS) is 14.2. The van der Waals surface area contributed by atoms with Gasteiger partial charge >= 0.3 is 0 Å². The molecule has 0 bridgehead atoms. The molecule has 0 spiro atoms. The summed E-state index contributed by atoms with van der Waals surface area (Å²) in [5.74, 6) is 1.64. The number of para-hydroxylation sites is 1. The Hall–Kier alpha value is -4.23. The van der Waals surface area contributed by atoms with Gasteiger partial charge in [0.2, 0.25) is 0 Å². The maximum absolute atomic E-state index is 14.3. The summed E-state index contributed by atoms with van der Waals surface area (Å²) in [7, 11) is 2.13. The highest BCUT2D eigenvalue weighted by molar-refractivity contribution is 5.79. The summed E-state index contributed by atoms with van der Waals surface area (Å²) in [6.07, 6.45) is 0. The van der Waals surface area contributed by atoms with Gasteiger partial charge in [-0.05, 0) is 74.5 Å². The van der Waals surface area contributed by atoms with Crippen molar-refractivity contribution in [3.63, 3.8) is 0 Å². The lowest BCUT2D eigenvalue weighted by atomic mass is 10.0. The summed E-state index contributed by atoms with van der Waals surface area (Å²) >= 11 is 0. The number of likely N-dealkylation sites (N-methyl/N-ethyl adjacent to an activating group) is 1. The topological polar surface area (TPSA) is 62.4 Å². The zero-order valence-electron chi connectivity index (χ0n) is 22.2. The predicted molar refractivity (Wildman–Crippen MR) is 154 cm³/mol. The van der Waals surface area contributed by atoms with Gasteiger partial charge in [-0.25, -0.2) is 0 Å². The van der Waals surface area contributed by atoms with E-state index in [-0.39, 0.29) is 5.56 Å². The smallest absolute Gasteiger partial charge is 0.285 e. The molecule has 7 heteroatoms. The maximum Gasteiger partial charge on any atom is 0.285 e. The fourth-order valence-electron chi connectivity index (χ4n) is 4.69. The second kappa shape index (κ2) is 11.4. The van der Waals surface area contributed by atoms with Crippen LogP contribution in [0.3, 0.4) is 0 Å². The van der Waals surface area contributed by atoms with Crippen molar-refractivity contribution in [3.05, 3.63) is 101 Å². The first-order valence-corrected chi connectivity index (χ1v) is 13.0. The number of ether oxygens (including phenoxy) is 1. The quantitative estimate of drug-likeness (QED) is 0.272. The fraction of sp³-hybridized carbons (Fsp3) is 0.258. The van der Waals surface area contributed by atoms with Gasteiger partial charge in [0, 0.05) is 31.7 Å². The number of anilines is 1. The van der Waals surface area contributed by atoms with Crippen LogP contribution in [0.2, 0.25) is 0 Å². The Morgan fingerprint density at radius 3 is 2.26 bits per heavy atom. The van der Waals surface area contributed by atoms with E-state index in [1.165, 1.54) is 0 Å². The van der Waals surface area contributed by atoms with Gasteiger partial charge in [0.25, 0.3) is 5.56 Å². The third kappa shape index (κ3) is 5.53. The minimum atomic E-state index is -0.201. The van der Waals surface area contributed by atoms with Crippen LogP contribution in [-0.2, 0) is 0 Å². The number of rotatable bonds is 7. The Labute approximate surface area is 223 Å². The van der Waals surface area contributed by atoms with Crippen molar-refractivity contribution in [2.75, 3.05) is 44.7 Å². The third-order valence-electron chi connectivity index (χ3n) is 6.75. The number of nitrogens with zero attached hydrogens (tertiary/aromatic N) is 5. The van der Waals surface area contributed by atoms with Crippen molar-refractivity contribution >= 4 is 17.2 Å². The Kier molecular flexibility index (Phi) is 7.65. The summed E-state index contributed by atoms with van der Waals surface area (Å²) in [4.78, 5) is 18.9. The standard InChI is InChI=1S/C31H33N5O2/c1-4-38-27-15-13-24(14-16-27)28-22-29(35-19-17-34(3)18-20-35)36(26-11-6-5-7-12-26)31(37)30(28)33-32-25-10-8-9-23(2)21-25/h5-16,21-22H,4,17-20H2,1-3H3. The van der Waals surface area contributed by atoms with Crippen molar-refractivity contribution in [2.45, 2.75) is 13.8 Å². The van der Waals surface area contributed by atoms with Crippen LogP contribution >= 0.6 is 0 Å². The number of azo groups is 1. The molecule has 0 unspecified atom stereocenters. The number of pyridine rings is 1. The molecule has 3 aromatic carbocycles. The molecule has 0 amide bonds. The van der Waals surface area contributed by atoms with Crippen molar-refractivity contribution in [1.29, 1.82) is 0 Å². The molecular weight excluding hydrogens is 474 g/mol. The summed E-state index contributed by atoms with van der Waals surface area (Å²) < 4.78 is 7.42. The molecule has 1 fully saturated rings. The van der Waals surface area contributed by atoms with Gasteiger partial charge in [0.05, 0.1) is 18.0 Å². The zero-order valence-corrected chi connectivity index (χ0v) is 22.2. The molecule has 0 radical (unpaired) electrons. The Morgan fingerprint density at radius 2 is 1.58 bits per heavy atom. The highest BCUT2D eigenvalue weighted by Crippen LogP contribution is 2.35. The first-order chi connectivity index (χ1) is 18.5. The highest BCUT2D eigenvalue weighted by Gasteiger charge is 2.23. The number of aryl methyl sites for hydroxylation is 1. The average molecular weight is 508 g/mol. The van der Waals surface area contributed by atoms with E-state index >= 15 is 0 Å². The second-order valence-corrected chi connectivity index (χ2v) is 9.53. The summed E-state index contributed by atoms with van der Waals surface area (Å²) in [6, 6.07) is 27.5. The minimum absolute atomic E-state index is 0.201. The molecule has 1 aliphatic heterocycles. The number of hydrogen-bond donors (Lipinski definition) is 0. The molecule has 7 nitrogen and oxygen atoms in total. The van der Waals surface area contributed by atoms with Gasteiger partial charge in [0.15, 0.2) is 5.69 Å². The van der Waals surface area contributed by atoms with Crippen molar-refractivity contribution < 1.29 is 4.74 Å². The van der Waals surface area contributed by atoms with E-state index in [4.69, 9.17) is 4.74 Å². The van der Waals surface area contributed by atoms with Gasteiger partial charge in [-0.2, -0.15) is 5.11 Å². The largest absolute Gasteiger partial charge is 0.494 e. The Morgan fingerprint density at radius 1 is 0.842 bits per heavy atom. The monoisotopic (exact) mass is 507 g/mol. The first kappa shape index (κ1) is 25.4. The van der Waals surface area contributed by atoms with Crippen LogP contribution in [0.25, 0.3) is 16.8 Å². The highest BCUT2D eigenvalue weighted by atomic mass is 16.5.